The molecule has 0 bridgehead atoms. The third kappa shape index (κ3) is 13.6. The molecule has 0 fully saturated rings. The van der Waals surface area contributed by atoms with Gasteiger partial charge in [-0.3, -0.25) is 4.90 Å². The molecular formula is C17H34N2O6. The molecular weight excluding hydrogens is 328 g/mol. The van der Waals surface area contributed by atoms with Crippen molar-refractivity contribution in [3.63, 3.8) is 0 Å². The first-order chi connectivity index (χ1) is 11.4. The Labute approximate surface area is 150 Å². The van der Waals surface area contributed by atoms with Gasteiger partial charge in [-0.25, -0.2) is 9.59 Å². The summed E-state index contributed by atoms with van der Waals surface area (Å²) in [6.45, 7) is 10.0. The Morgan fingerprint density at radius 3 is 2.00 bits per heavy atom. The number of unbranched alkanes of at least 4 members (excludes halogenated alkanes) is 1. The van der Waals surface area contributed by atoms with Crippen molar-refractivity contribution >= 4 is 12.1 Å². The largest absolute Gasteiger partial charge is 0.480 e. The Morgan fingerprint density at radius 2 is 1.60 bits per heavy atom. The third-order valence-electron chi connectivity index (χ3n) is 3.25. The number of rotatable bonds is 11. The van der Waals surface area contributed by atoms with Crippen LogP contribution in [0.2, 0.25) is 0 Å². The molecule has 8 nitrogen and oxygen atoms in total. The number of amides is 1. The van der Waals surface area contributed by atoms with Crippen LogP contribution in [0.15, 0.2) is 0 Å². The second kappa shape index (κ2) is 11.3. The van der Waals surface area contributed by atoms with Gasteiger partial charge in [0, 0.05) is 13.1 Å². The van der Waals surface area contributed by atoms with Crippen LogP contribution >= 0.6 is 0 Å². The summed E-state index contributed by atoms with van der Waals surface area (Å²) in [7, 11) is 0. The lowest BCUT2D eigenvalue weighted by molar-refractivity contribution is -0.139. The van der Waals surface area contributed by atoms with Gasteiger partial charge < -0.3 is 25.4 Å². The maximum atomic E-state index is 11.7. The summed E-state index contributed by atoms with van der Waals surface area (Å²) in [5.74, 6) is -1.10. The SMILES string of the molecule is C[C@@H](O)CN(CCCC[C@@H](NC(=O)OC(C)(C)C)C(=O)O)C[C@@H](C)O. The number of carbonyl (C=O) groups is 2. The number of alkyl carbamates (subject to hydrolysis) is 1. The number of hydrogen-bond acceptors (Lipinski definition) is 6. The molecule has 1 amide bonds. The first-order valence-corrected chi connectivity index (χ1v) is 8.71. The number of aliphatic hydroxyl groups is 2. The molecule has 148 valence electrons. The van der Waals surface area contributed by atoms with Gasteiger partial charge in [-0.05, 0) is 60.4 Å². The van der Waals surface area contributed by atoms with Gasteiger partial charge in [-0.15, -0.1) is 0 Å². The zero-order valence-electron chi connectivity index (χ0n) is 16.0. The van der Waals surface area contributed by atoms with Crippen molar-refractivity contribution in [3.05, 3.63) is 0 Å². The van der Waals surface area contributed by atoms with Gasteiger partial charge in [0.2, 0.25) is 0 Å². The highest BCUT2D eigenvalue weighted by Gasteiger charge is 2.23. The van der Waals surface area contributed by atoms with E-state index in [1.807, 2.05) is 4.90 Å². The molecule has 0 aliphatic carbocycles. The van der Waals surface area contributed by atoms with Crippen molar-refractivity contribution < 1.29 is 29.6 Å². The van der Waals surface area contributed by atoms with E-state index in [1.165, 1.54) is 0 Å². The third-order valence-corrected chi connectivity index (χ3v) is 3.25. The molecule has 0 aromatic rings. The first-order valence-electron chi connectivity index (χ1n) is 8.71. The molecule has 0 heterocycles. The van der Waals surface area contributed by atoms with Crippen LogP contribution in [-0.4, -0.2) is 75.8 Å². The van der Waals surface area contributed by atoms with Gasteiger partial charge in [0.15, 0.2) is 0 Å². The fourth-order valence-corrected chi connectivity index (χ4v) is 2.40. The standard InChI is InChI=1S/C17H34N2O6/c1-12(20)10-19(11-13(2)21)9-7-6-8-14(15(22)23)18-16(24)25-17(3,4)5/h12-14,20-21H,6-11H2,1-5H3,(H,18,24)(H,22,23)/t12-,13-,14-/m1/s1. The number of carboxylic acids is 1. The maximum absolute atomic E-state index is 11.7. The Balaban J connectivity index is 4.33. The van der Waals surface area contributed by atoms with Crippen LogP contribution < -0.4 is 5.32 Å². The number of ether oxygens (including phenoxy) is 1. The number of carbonyl (C=O) groups excluding carboxylic acids is 1. The Bertz CT molecular complexity index is 396. The Kier molecular flexibility index (Phi) is 10.7. The quantitative estimate of drug-likeness (QED) is 0.408. The minimum absolute atomic E-state index is 0.284. The predicted octanol–water partition coefficient (Wildman–Crippen LogP) is 1.20. The average Bonchev–Trinajstić information content (AvgIpc) is 2.38. The van der Waals surface area contributed by atoms with Crippen molar-refractivity contribution in [2.24, 2.45) is 0 Å². The van der Waals surface area contributed by atoms with Crippen LogP contribution in [0.25, 0.3) is 0 Å². The van der Waals surface area contributed by atoms with Gasteiger partial charge in [-0.1, -0.05) is 0 Å². The molecule has 8 heteroatoms. The van der Waals surface area contributed by atoms with E-state index in [1.54, 1.807) is 34.6 Å². The second-order valence-electron chi connectivity index (χ2n) is 7.49. The van der Waals surface area contributed by atoms with Crippen molar-refractivity contribution in [3.8, 4) is 0 Å². The number of carboxylic acid groups (broad SMARTS) is 1. The van der Waals surface area contributed by atoms with E-state index in [4.69, 9.17) is 4.74 Å². The highest BCUT2D eigenvalue weighted by atomic mass is 16.6. The molecule has 25 heavy (non-hydrogen) atoms. The Hall–Kier alpha value is -1.38. The smallest absolute Gasteiger partial charge is 0.408 e. The lowest BCUT2D eigenvalue weighted by Crippen LogP contribution is -2.43. The molecule has 0 aliphatic heterocycles. The lowest BCUT2D eigenvalue weighted by atomic mass is 10.1. The van der Waals surface area contributed by atoms with Crippen molar-refractivity contribution in [2.45, 2.75) is 77.7 Å². The fraction of sp³-hybridized carbons (Fsp3) is 0.882. The van der Waals surface area contributed by atoms with Gasteiger partial charge in [0.25, 0.3) is 0 Å². The number of nitrogens with one attached hydrogen (secondary N) is 1. The highest BCUT2D eigenvalue weighted by Crippen LogP contribution is 2.09. The summed E-state index contributed by atoms with van der Waals surface area (Å²) in [5.41, 5.74) is -0.685. The summed E-state index contributed by atoms with van der Waals surface area (Å²) >= 11 is 0. The van der Waals surface area contributed by atoms with Crippen LogP contribution in [0.3, 0.4) is 0 Å². The number of aliphatic carboxylic acids is 1. The van der Waals surface area contributed by atoms with Gasteiger partial charge in [-0.2, -0.15) is 0 Å². The van der Waals surface area contributed by atoms with E-state index < -0.39 is 35.9 Å². The summed E-state index contributed by atoms with van der Waals surface area (Å²) in [4.78, 5) is 24.9. The monoisotopic (exact) mass is 362 g/mol. The van der Waals surface area contributed by atoms with E-state index in [9.17, 15) is 24.9 Å². The normalized spacial score (nSPS) is 15.5. The van der Waals surface area contributed by atoms with Gasteiger partial charge in [0.05, 0.1) is 12.2 Å². The summed E-state index contributed by atoms with van der Waals surface area (Å²) in [6, 6.07) is -1.00. The van der Waals surface area contributed by atoms with Crippen molar-refractivity contribution in [1.29, 1.82) is 0 Å². The zero-order chi connectivity index (χ0) is 19.6. The Morgan fingerprint density at radius 1 is 1.08 bits per heavy atom. The lowest BCUT2D eigenvalue weighted by Gasteiger charge is -2.25. The molecule has 0 saturated heterocycles. The minimum Gasteiger partial charge on any atom is -0.480 e. The van der Waals surface area contributed by atoms with Crippen molar-refractivity contribution in [1.82, 2.24) is 10.2 Å². The second-order valence-corrected chi connectivity index (χ2v) is 7.49. The van der Waals surface area contributed by atoms with Crippen molar-refractivity contribution in [2.75, 3.05) is 19.6 Å². The van der Waals surface area contributed by atoms with E-state index in [0.29, 0.717) is 32.5 Å². The van der Waals surface area contributed by atoms with Crippen LogP contribution in [0.5, 0.6) is 0 Å². The van der Waals surface area contributed by atoms with Crippen LogP contribution in [-0.2, 0) is 9.53 Å². The van der Waals surface area contributed by atoms with E-state index in [0.717, 1.165) is 0 Å². The van der Waals surface area contributed by atoms with Gasteiger partial charge >= 0.3 is 12.1 Å². The molecule has 0 rings (SSSR count). The molecule has 0 aromatic heterocycles. The predicted molar refractivity (Wildman–Crippen MR) is 94.4 cm³/mol. The van der Waals surface area contributed by atoms with Crippen LogP contribution in [0.1, 0.15) is 53.9 Å². The molecule has 0 saturated carbocycles. The van der Waals surface area contributed by atoms with E-state index in [-0.39, 0.29) is 6.42 Å². The molecule has 0 radical (unpaired) electrons. The molecule has 0 aromatic carbocycles. The summed E-state index contributed by atoms with van der Waals surface area (Å²) < 4.78 is 5.07. The molecule has 0 aliphatic rings. The molecule has 0 spiro atoms. The van der Waals surface area contributed by atoms with Gasteiger partial charge in [0.1, 0.15) is 11.6 Å². The van der Waals surface area contributed by atoms with Crippen LogP contribution in [0, 0.1) is 0 Å². The zero-order valence-corrected chi connectivity index (χ0v) is 16.0. The molecule has 4 N–H and O–H groups in total. The van der Waals surface area contributed by atoms with Crippen LogP contribution in [0.4, 0.5) is 4.79 Å². The molecule has 0 unspecified atom stereocenters. The average molecular weight is 362 g/mol. The maximum Gasteiger partial charge on any atom is 0.408 e. The number of hydrogen-bond donors (Lipinski definition) is 4. The number of aliphatic hydroxyl groups excluding tert-OH is 2. The highest BCUT2D eigenvalue weighted by molar-refractivity contribution is 5.79. The topological polar surface area (TPSA) is 119 Å². The summed E-state index contributed by atoms with van der Waals surface area (Å²) in [6.07, 6.45) is -0.183. The van der Waals surface area contributed by atoms with E-state index >= 15 is 0 Å². The summed E-state index contributed by atoms with van der Waals surface area (Å²) in [5, 5.41) is 30.6. The number of nitrogens with zero attached hydrogens (tertiary/aromatic N) is 1. The first kappa shape index (κ1) is 23.6. The molecule has 3 atom stereocenters. The van der Waals surface area contributed by atoms with E-state index in [2.05, 4.69) is 5.32 Å². The fourth-order valence-electron chi connectivity index (χ4n) is 2.40. The minimum atomic E-state index is -1.10.